The fourth-order valence-corrected chi connectivity index (χ4v) is 1.89. The molecular weight excluding hydrogens is 250 g/mol. The van der Waals surface area contributed by atoms with Crippen LogP contribution in [0.3, 0.4) is 0 Å². The van der Waals surface area contributed by atoms with E-state index in [9.17, 15) is 0 Å². The van der Waals surface area contributed by atoms with Crippen LogP contribution < -0.4 is 10.1 Å². The number of ether oxygens (including phenoxy) is 1. The van der Waals surface area contributed by atoms with Gasteiger partial charge in [0.1, 0.15) is 12.4 Å². The van der Waals surface area contributed by atoms with Crippen molar-refractivity contribution in [3.63, 3.8) is 0 Å². The fraction of sp³-hybridized carbons (Fsp3) is 0.375. The molecule has 1 aromatic carbocycles. The van der Waals surface area contributed by atoms with Gasteiger partial charge in [-0.3, -0.25) is 0 Å². The van der Waals surface area contributed by atoms with Crippen LogP contribution in [0.2, 0.25) is 0 Å². The molecule has 1 aromatic heterocycles. The van der Waals surface area contributed by atoms with Gasteiger partial charge in [-0.05, 0) is 50.5 Å². The van der Waals surface area contributed by atoms with Crippen LogP contribution >= 0.6 is 0 Å². The number of likely N-dealkylation sites (N-methyl/N-ethyl adjacent to an activating group) is 1. The highest BCUT2D eigenvalue weighted by Gasteiger charge is 1.99. The summed E-state index contributed by atoms with van der Waals surface area (Å²) in [5.74, 6) is 0.913. The summed E-state index contributed by atoms with van der Waals surface area (Å²) < 4.78 is 7.78. The van der Waals surface area contributed by atoms with Crippen LogP contribution in [-0.2, 0) is 13.6 Å². The smallest absolute Gasteiger partial charge is 0.119 e. The van der Waals surface area contributed by atoms with Crippen molar-refractivity contribution in [1.82, 2.24) is 9.47 Å². The van der Waals surface area contributed by atoms with Crippen molar-refractivity contribution in [1.29, 1.82) is 0 Å². The number of nitrogens with zero attached hydrogens (tertiary/aromatic N) is 2. The van der Waals surface area contributed by atoms with Gasteiger partial charge in [-0.1, -0.05) is 0 Å². The lowest BCUT2D eigenvalue weighted by molar-refractivity contribution is 0.261. The van der Waals surface area contributed by atoms with E-state index in [0.29, 0.717) is 6.61 Å². The summed E-state index contributed by atoms with van der Waals surface area (Å²) in [6.07, 6.45) is 2.05. The molecule has 108 valence electrons. The lowest BCUT2D eigenvalue weighted by Gasteiger charge is -2.12. The first kappa shape index (κ1) is 14.5. The molecule has 0 aliphatic rings. The van der Waals surface area contributed by atoms with E-state index in [1.54, 1.807) is 0 Å². The summed E-state index contributed by atoms with van der Waals surface area (Å²) in [5, 5.41) is 3.40. The molecule has 4 nitrogen and oxygen atoms in total. The highest BCUT2D eigenvalue weighted by molar-refractivity contribution is 5.46. The molecule has 0 aliphatic carbocycles. The highest BCUT2D eigenvalue weighted by atomic mass is 16.5. The zero-order valence-electron chi connectivity index (χ0n) is 12.5. The van der Waals surface area contributed by atoms with Crippen molar-refractivity contribution in [2.75, 3.05) is 32.6 Å². The Kier molecular flexibility index (Phi) is 5.07. The third kappa shape index (κ3) is 4.31. The Morgan fingerprint density at radius 1 is 1.15 bits per heavy atom. The van der Waals surface area contributed by atoms with E-state index in [-0.39, 0.29) is 0 Å². The Labute approximate surface area is 121 Å². The molecule has 0 unspecified atom stereocenters. The molecule has 20 heavy (non-hydrogen) atoms. The van der Waals surface area contributed by atoms with Crippen LogP contribution in [0.15, 0.2) is 42.6 Å². The highest BCUT2D eigenvalue weighted by Crippen LogP contribution is 2.16. The van der Waals surface area contributed by atoms with Crippen LogP contribution in [0.25, 0.3) is 0 Å². The normalized spacial score (nSPS) is 10.8. The first-order valence-electron chi connectivity index (χ1n) is 6.87. The van der Waals surface area contributed by atoms with Gasteiger partial charge in [0.05, 0.1) is 6.54 Å². The van der Waals surface area contributed by atoms with E-state index in [1.807, 2.05) is 38.4 Å². The summed E-state index contributed by atoms with van der Waals surface area (Å²) in [6, 6.07) is 12.3. The van der Waals surface area contributed by atoms with E-state index in [2.05, 4.69) is 40.2 Å². The van der Waals surface area contributed by atoms with Crippen LogP contribution in [-0.4, -0.2) is 36.7 Å². The quantitative estimate of drug-likeness (QED) is 0.841. The minimum Gasteiger partial charge on any atom is -0.492 e. The van der Waals surface area contributed by atoms with Gasteiger partial charge in [-0.15, -0.1) is 0 Å². The Morgan fingerprint density at radius 3 is 2.50 bits per heavy atom. The number of anilines is 1. The van der Waals surface area contributed by atoms with Crippen molar-refractivity contribution in [2.45, 2.75) is 6.54 Å². The molecule has 4 heteroatoms. The number of rotatable bonds is 7. The maximum Gasteiger partial charge on any atom is 0.119 e. The van der Waals surface area contributed by atoms with Crippen molar-refractivity contribution in [3.05, 3.63) is 48.3 Å². The molecule has 0 spiro atoms. The molecule has 0 bridgehead atoms. The molecule has 0 amide bonds. The molecule has 0 aliphatic heterocycles. The minimum absolute atomic E-state index is 0.711. The monoisotopic (exact) mass is 273 g/mol. The summed E-state index contributed by atoms with van der Waals surface area (Å²) >= 11 is 0. The molecular formula is C16H23N3O. The predicted octanol–water partition coefficient (Wildman–Crippen LogP) is 2.58. The van der Waals surface area contributed by atoms with Gasteiger partial charge in [0.15, 0.2) is 0 Å². The third-order valence-corrected chi connectivity index (χ3v) is 3.19. The fourth-order valence-electron chi connectivity index (χ4n) is 1.89. The van der Waals surface area contributed by atoms with Crippen LogP contribution in [0, 0.1) is 0 Å². The van der Waals surface area contributed by atoms with Crippen molar-refractivity contribution >= 4 is 5.69 Å². The first-order chi connectivity index (χ1) is 9.65. The maximum atomic E-state index is 5.67. The molecule has 0 saturated carbocycles. The number of hydrogen-bond acceptors (Lipinski definition) is 3. The largest absolute Gasteiger partial charge is 0.492 e. The number of hydrogen-bond donors (Lipinski definition) is 1. The van der Waals surface area contributed by atoms with Gasteiger partial charge in [-0.2, -0.15) is 0 Å². The summed E-state index contributed by atoms with van der Waals surface area (Å²) in [6.45, 7) is 2.46. The summed E-state index contributed by atoms with van der Waals surface area (Å²) in [7, 11) is 6.14. The topological polar surface area (TPSA) is 29.4 Å². The Bertz CT molecular complexity index is 517. The van der Waals surface area contributed by atoms with Gasteiger partial charge < -0.3 is 19.5 Å². The number of aromatic nitrogens is 1. The second kappa shape index (κ2) is 7.01. The van der Waals surface area contributed by atoms with E-state index in [1.165, 1.54) is 5.69 Å². The van der Waals surface area contributed by atoms with E-state index in [0.717, 1.165) is 24.5 Å². The average molecular weight is 273 g/mol. The number of benzene rings is 1. The Hall–Kier alpha value is -1.94. The molecule has 1 N–H and O–H groups in total. The zero-order chi connectivity index (χ0) is 14.4. The van der Waals surface area contributed by atoms with Crippen molar-refractivity contribution in [3.8, 4) is 5.75 Å². The lowest BCUT2D eigenvalue weighted by Crippen LogP contribution is -2.19. The van der Waals surface area contributed by atoms with Crippen molar-refractivity contribution in [2.24, 2.45) is 7.05 Å². The van der Waals surface area contributed by atoms with Gasteiger partial charge in [0.2, 0.25) is 0 Å². The Balaban J connectivity index is 1.81. The van der Waals surface area contributed by atoms with E-state index >= 15 is 0 Å². The van der Waals surface area contributed by atoms with Gasteiger partial charge >= 0.3 is 0 Å². The number of aryl methyl sites for hydroxylation is 1. The summed E-state index contributed by atoms with van der Waals surface area (Å²) in [5.41, 5.74) is 2.36. The third-order valence-electron chi connectivity index (χ3n) is 3.19. The van der Waals surface area contributed by atoms with E-state index < -0.39 is 0 Å². The molecule has 0 fully saturated rings. The average Bonchev–Trinajstić information content (AvgIpc) is 2.83. The van der Waals surface area contributed by atoms with Crippen LogP contribution in [0.1, 0.15) is 5.69 Å². The second-order valence-electron chi connectivity index (χ2n) is 5.14. The molecule has 0 saturated heterocycles. The lowest BCUT2D eigenvalue weighted by atomic mass is 10.3. The molecule has 2 aromatic rings. The number of nitrogens with one attached hydrogen (secondary N) is 1. The molecule has 0 atom stereocenters. The molecule has 0 radical (unpaired) electrons. The molecule has 1 heterocycles. The van der Waals surface area contributed by atoms with Crippen molar-refractivity contribution < 1.29 is 4.74 Å². The first-order valence-corrected chi connectivity index (χ1v) is 6.87. The standard InChI is InChI=1S/C16H23N3O/c1-18(2)11-12-20-16-8-6-14(7-9-16)17-13-15-5-4-10-19(15)3/h4-10,17H,11-13H2,1-3H3. The zero-order valence-corrected chi connectivity index (χ0v) is 12.5. The van der Waals surface area contributed by atoms with Gasteiger partial charge in [0.25, 0.3) is 0 Å². The SMILES string of the molecule is CN(C)CCOc1ccc(NCc2cccn2C)cc1. The summed E-state index contributed by atoms with van der Waals surface area (Å²) in [4.78, 5) is 2.11. The van der Waals surface area contributed by atoms with Crippen LogP contribution in [0.4, 0.5) is 5.69 Å². The second-order valence-corrected chi connectivity index (χ2v) is 5.14. The minimum atomic E-state index is 0.711. The van der Waals surface area contributed by atoms with Gasteiger partial charge in [0, 0.05) is 31.2 Å². The van der Waals surface area contributed by atoms with Gasteiger partial charge in [-0.25, -0.2) is 0 Å². The molecule has 2 rings (SSSR count). The van der Waals surface area contributed by atoms with Crippen LogP contribution in [0.5, 0.6) is 5.75 Å². The predicted molar refractivity (Wildman–Crippen MR) is 83.2 cm³/mol. The van der Waals surface area contributed by atoms with E-state index in [4.69, 9.17) is 4.74 Å². The maximum absolute atomic E-state index is 5.67. The Morgan fingerprint density at radius 2 is 1.90 bits per heavy atom.